The number of fused-ring (bicyclic) bond motifs is 5. The Balaban J connectivity index is 0.00000289. The van der Waals surface area contributed by atoms with Crippen molar-refractivity contribution in [1.82, 2.24) is 9.55 Å². The van der Waals surface area contributed by atoms with E-state index in [1.807, 2.05) is 19.2 Å². The molecule has 0 unspecified atom stereocenters. The number of nitrogens with zero attached hydrogens (tertiary/aromatic N) is 3. The second-order valence-corrected chi connectivity index (χ2v) is 11.6. The smallest absolute Gasteiger partial charge is 0.518 e. The van der Waals surface area contributed by atoms with E-state index in [0.717, 1.165) is 39.0 Å². The minimum absolute atomic E-state index is 0. The Labute approximate surface area is 249 Å². The molecule has 40 heavy (non-hydrogen) atoms. The SMILES string of the molecule is Cc1cc2c3c(c1)c1cc(C)c(Oc4[c-]c(C5=N[C@H](C)CO5)c(C)cc4C)[c-]c1n3-c1ncccc1C2(C)C.[Pt+2]. The van der Waals surface area contributed by atoms with E-state index in [-0.39, 0.29) is 32.5 Å². The zero-order valence-corrected chi connectivity index (χ0v) is 26.1. The quantitative estimate of drug-likeness (QED) is 0.182. The molecule has 5 aromatic rings. The summed E-state index contributed by atoms with van der Waals surface area (Å²) >= 11 is 0. The van der Waals surface area contributed by atoms with Crippen LogP contribution >= 0.6 is 0 Å². The largest absolute Gasteiger partial charge is 2.00 e. The minimum Gasteiger partial charge on any atom is -0.518 e. The predicted octanol–water partition coefficient (Wildman–Crippen LogP) is 7.61. The summed E-state index contributed by atoms with van der Waals surface area (Å²) in [6.07, 6.45) is 1.87. The monoisotopic (exact) mass is 708 g/mol. The van der Waals surface area contributed by atoms with Crippen LogP contribution in [0.4, 0.5) is 0 Å². The van der Waals surface area contributed by atoms with Crippen LogP contribution in [0.5, 0.6) is 11.5 Å². The summed E-state index contributed by atoms with van der Waals surface area (Å²) in [7, 11) is 0. The maximum atomic E-state index is 6.57. The molecule has 0 amide bonds. The Morgan fingerprint density at radius 2 is 1.70 bits per heavy atom. The molecule has 0 saturated heterocycles. The van der Waals surface area contributed by atoms with Crippen molar-refractivity contribution in [2.45, 2.75) is 59.9 Å². The van der Waals surface area contributed by atoms with Crippen LogP contribution in [0.3, 0.4) is 0 Å². The molecule has 0 fully saturated rings. The Hall–Kier alpha value is -3.43. The molecule has 0 aliphatic carbocycles. The first kappa shape index (κ1) is 26.8. The third-order valence-electron chi connectivity index (χ3n) is 8.18. The summed E-state index contributed by atoms with van der Waals surface area (Å²) in [5.74, 6) is 2.93. The van der Waals surface area contributed by atoms with Crippen LogP contribution in [0.2, 0.25) is 0 Å². The molecule has 6 heteroatoms. The standard InChI is InChI=1S/C34H31N3O2.Pt/c1-18-11-25-24-14-21(4)30(39-29-15-23(19(2)13-20(29)3)33-36-22(5)17-38-33)16-28(24)37-31(25)27(12-18)34(6,7)26-9-8-10-35-32(26)37;/h8-14,22H,17H2,1-7H3;/q-2;+2/t22-;/m1./s1. The van der Waals surface area contributed by atoms with Gasteiger partial charge in [-0.3, -0.25) is 4.99 Å². The molecule has 1 atom stereocenters. The van der Waals surface area contributed by atoms with Crippen LogP contribution in [0.1, 0.15) is 59.7 Å². The van der Waals surface area contributed by atoms with E-state index in [2.05, 4.69) is 93.6 Å². The van der Waals surface area contributed by atoms with Crippen LogP contribution in [0.25, 0.3) is 27.6 Å². The Bertz CT molecular complexity index is 1880. The fourth-order valence-corrected chi connectivity index (χ4v) is 6.16. The molecular weight excluding hydrogens is 677 g/mol. The summed E-state index contributed by atoms with van der Waals surface area (Å²) in [5, 5.41) is 2.38. The fraction of sp³-hybridized carbons (Fsp3) is 0.294. The molecule has 4 heterocycles. The Morgan fingerprint density at radius 1 is 0.950 bits per heavy atom. The van der Waals surface area contributed by atoms with E-state index in [9.17, 15) is 0 Å². The molecular formula is C34H31N3O2Pt. The number of pyridine rings is 1. The number of rotatable bonds is 3. The second-order valence-electron chi connectivity index (χ2n) is 11.6. The molecule has 204 valence electrons. The summed E-state index contributed by atoms with van der Waals surface area (Å²) in [4.78, 5) is 9.52. The zero-order valence-electron chi connectivity index (χ0n) is 23.8. The van der Waals surface area contributed by atoms with Gasteiger partial charge in [0.05, 0.1) is 12.6 Å². The molecule has 2 aromatic heterocycles. The van der Waals surface area contributed by atoms with Crippen LogP contribution in [0, 0.1) is 39.8 Å². The molecule has 7 rings (SSSR count). The van der Waals surface area contributed by atoms with Crippen LogP contribution in [-0.2, 0) is 31.2 Å². The number of benzene rings is 3. The number of aryl methyl sites for hydroxylation is 4. The zero-order chi connectivity index (χ0) is 27.2. The molecule has 5 nitrogen and oxygen atoms in total. The van der Waals surface area contributed by atoms with Crippen molar-refractivity contribution in [3.63, 3.8) is 0 Å². The van der Waals surface area contributed by atoms with Gasteiger partial charge >= 0.3 is 21.1 Å². The van der Waals surface area contributed by atoms with Crippen LogP contribution in [-0.4, -0.2) is 28.1 Å². The summed E-state index contributed by atoms with van der Waals surface area (Å²) in [6, 6.07) is 20.4. The molecule has 2 aliphatic heterocycles. The van der Waals surface area contributed by atoms with Crippen LogP contribution in [0.15, 0.2) is 47.6 Å². The van der Waals surface area contributed by atoms with E-state index in [1.54, 1.807) is 0 Å². The summed E-state index contributed by atoms with van der Waals surface area (Å²) in [6.45, 7) is 15.6. The van der Waals surface area contributed by atoms with Gasteiger partial charge in [-0.25, -0.2) is 4.98 Å². The normalized spacial score (nSPS) is 16.9. The van der Waals surface area contributed by atoms with Gasteiger partial charge < -0.3 is 14.0 Å². The van der Waals surface area contributed by atoms with Gasteiger partial charge in [0.2, 0.25) is 0 Å². The topological polar surface area (TPSA) is 48.6 Å². The van der Waals surface area contributed by atoms with Gasteiger partial charge in [-0.15, -0.1) is 28.6 Å². The number of hydrogen-bond donors (Lipinski definition) is 0. The van der Waals surface area contributed by atoms with Crippen LogP contribution < -0.4 is 4.74 Å². The molecule has 0 bridgehead atoms. The number of aliphatic imine (C=N–C) groups is 1. The van der Waals surface area contributed by atoms with Crippen molar-refractivity contribution in [2.24, 2.45) is 4.99 Å². The van der Waals surface area contributed by atoms with E-state index >= 15 is 0 Å². The fourth-order valence-electron chi connectivity index (χ4n) is 6.16. The summed E-state index contributed by atoms with van der Waals surface area (Å²) in [5.41, 5.74) is 9.70. The molecule has 3 aromatic carbocycles. The molecule has 0 saturated carbocycles. The molecule has 0 radical (unpaired) electrons. The second kappa shape index (κ2) is 9.31. The van der Waals surface area contributed by atoms with E-state index < -0.39 is 0 Å². The van der Waals surface area contributed by atoms with Gasteiger partial charge in [0.15, 0.2) is 0 Å². The first-order chi connectivity index (χ1) is 18.6. The average Bonchev–Trinajstić information content (AvgIpc) is 3.45. The molecule has 2 aliphatic rings. The van der Waals surface area contributed by atoms with Crippen molar-refractivity contribution in [3.8, 4) is 17.3 Å². The van der Waals surface area contributed by atoms with Crippen molar-refractivity contribution >= 4 is 27.7 Å². The van der Waals surface area contributed by atoms with Crippen molar-refractivity contribution in [3.05, 3.63) is 93.7 Å². The van der Waals surface area contributed by atoms with Crippen molar-refractivity contribution < 1.29 is 30.5 Å². The molecule has 0 spiro atoms. The number of hydrogen-bond acceptors (Lipinski definition) is 4. The van der Waals surface area contributed by atoms with E-state index in [4.69, 9.17) is 14.5 Å². The van der Waals surface area contributed by atoms with Gasteiger partial charge in [-0.05, 0) is 30.9 Å². The summed E-state index contributed by atoms with van der Waals surface area (Å²) < 4.78 is 14.7. The average molecular weight is 709 g/mol. The number of ether oxygens (including phenoxy) is 2. The van der Waals surface area contributed by atoms with Gasteiger partial charge in [-0.1, -0.05) is 81.1 Å². The van der Waals surface area contributed by atoms with Crippen molar-refractivity contribution in [2.75, 3.05) is 6.61 Å². The third kappa shape index (κ3) is 3.85. The third-order valence-corrected chi connectivity index (χ3v) is 8.18. The van der Waals surface area contributed by atoms with E-state index in [0.29, 0.717) is 24.0 Å². The maximum Gasteiger partial charge on any atom is 2.00 e. The number of aromatic nitrogens is 2. The first-order valence-corrected chi connectivity index (χ1v) is 13.5. The van der Waals surface area contributed by atoms with Crippen molar-refractivity contribution in [1.29, 1.82) is 0 Å². The van der Waals surface area contributed by atoms with Gasteiger partial charge in [-0.2, -0.15) is 6.07 Å². The molecule has 0 N–H and O–H groups in total. The Kier molecular flexibility index (Phi) is 6.23. The predicted molar refractivity (Wildman–Crippen MR) is 156 cm³/mol. The van der Waals surface area contributed by atoms with E-state index in [1.165, 1.54) is 27.6 Å². The minimum atomic E-state index is -0.167. The van der Waals surface area contributed by atoms with Gasteiger partial charge in [0, 0.05) is 34.2 Å². The van der Waals surface area contributed by atoms with Gasteiger partial charge in [0.1, 0.15) is 11.7 Å². The maximum absolute atomic E-state index is 6.57. The first-order valence-electron chi connectivity index (χ1n) is 13.5. The van der Waals surface area contributed by atoms with Gasteiger partial charge in [0.25, 0.3) is 0 Å². The Morgan fingerprint density at radius 3 is 2.45 bits per heavy atom.